The average Bonchev–Trinajstić information content (AvgIpc) is 3.18. The predicted octanol–water partition coefficient (Wildman–Crippen LogP) is 4.30. The summed E-state index contributed by atoms with van der Waals surface area (Å²) in [5.74, 6) is -2.09. The fraction of sp³-hybridized carbons (Fsp3) is 0.190. The molecule has 0 saturated carbocycles. The minimum atomic E-state index is -1.09. The quantitative estimate of drug-likeness (QED) is 0.648. The number of nitrogens with one attached hydrogen (secondary N) is 2. The lowest BCUT2D eigenvalue weighted by Crippen LogP contribution is -2.30. The highest BCUT2D eigenvalue weighted by molar-refractivity contribution is 7.14. The van der Waals surface area contributed by atoms with E-state index in [0.717, 1.165) is 23.3 Å². The molecular weight excluding hydrogens is 412 g/mol. The first-order chi connectivity index (χ1) is 14.4. The molecule has 4 rings (SSSR count). The van der Waals surface area contributed by atoms with Gasteiger partial charge >= 0.3 is 0 Å². The first-order valence-corrected chi connectivity index (χ1v) is 10.0. The van der Waals surface area contributed by atoms with Crippen molar-refractivity contribution < 1.29 is 23.1 Å². The van der Waals surface area contributed by atoms with Crippen molar-refractivity contribution in [2.75, 3.05) is 11.9 Å². The molecule has 1 atom stereocenters. The van der Waals surface area contributed by atoms with E-state index in [0.29, 0.717) is 29.6 Å². The summed E-state index contributed by atoms with van der Waals surface area (Å²) in [6.07, 6.45) is 0.669. The molecule has 30 heavy (non-hydrogen) atoms. The average molecular weight is 429 g/mol. The number of aromatic nitrogens is 1. The molecule has 3 aromatic rings. The van der Waals surface area contributed by atoms with Gasteiger partial charge in [-0.15, -0.1) is 11.3 Å². The molecule has 9 heteroatoms. The number of anilines is 1. The predicted molar refractivity (Wildman–Crippen MR) is 109 cm³/mol. The van der Waals surface area contributed by atoms with Crippen LogP contribution in [0, 0.1) is 11.6 Å². The van der Waals surface area contributed by atoms with E-state index in [1.54, 1.807) is 5.38 Å². The maximum Gasteiger partial charge on any atom is 0.257 e. The third-order valence-corrected chi connectivity index (χ3v) is 5.39. The molecule has 0 spiro atoms. The van der Waals surface area contributed by atoms with Crippen molar-refractivity contribution in [1.82, 2.24) is 10.3 Å². The second-order valence-electron chi connectivity index (χ2n) is 6.76. The number of thiazole rings is 1. The number of halogens is 2. The summed E-state index contributed by atoms with van der Waals surface area (Å²) in [5, 5.41) is 7.62. The SMILES string of the molecule is CC(=O)NC1CCOc2ccc(-c3csc(NC(=O)c4ccc(F)c(F)c4)n3)cc21. The van der Waals surface area contributed by atoms with Gasteiger partial charge in [-0.3, -0.25) is 14.9 Å². The Balaban J connectivity index is 1.54. The first-order valence-electron chi connectivity index (χ1n) is 9.17. The number of rotatable bonds is 4. The second-order valence-corrected chi connectivity index (χ2v) is 7.62. The zero-order valence-corrected chi connectivity index (χ0v) is 16.7. The third-order valence-electron chi connectivity index (χ3n) is 4.63. The molecule has 154 valence electrons. The van der Waals surface area contributed by atoms with E-state index in [4.69, 9.17) is 4.74 Å². The molecule has 0 saturated heterocycles. The molecule has 2 aromatic carbocycles. The van der Waals surface area contributed by atoms with Gasteiger partial charge in [0.05, 0.1) is 18.3 Å². The van der Waals surface area contributed by atoms with Crippen molar-refractivity contribution in [3.63, 3.8) is 0 Å². The molecule has 1 aromatic heterocycles. The third kappa shape index (κ3) is 4.16. The highest BCUT2D eigenvalue weighted by atomic mass is 32.1. The number of amides is 2. The van der Waals surface area contributed by atoms with Gasteiger partial charge in [0.1, 0.15) is 5.75 Å². The van der Waals surface area contributed by atoms with Gasteiger partial charge in [-0.25, -0.2) is 13.8 Å². The molecule has 0 aliphatic carbocycles. The van der Waals surface area contributed by atoms with Gasteiger partial charge in [0.25, 0.3) is 5.91 Å². The number of fused-ring (bicyclic) bond motifs is 1. The van der Waals surface area contributed by atoms with Crippen LogP contribution in [0.15, 0.2) is 41.8 Å². The monoisotopic (exact) mass is 429 g/mol. The fourth-order valence-corrected chi connectivity index (χ4v) is 3.93. The van der Waals surface area contributed by atoms with E-state index in [9.17, 15) is 18.4 Å². The molecule has 1 unspecified atom stereocenters. The second kappa shape index (κ2) is 8.19. The standard InChI is InChI=1S/C21H17F2N3O3S/c1-11(27)24-17-6-7-29-19-5-3-12(8-14(17)19)18-10-30-21(25-18)26-20(28)13-2-4-15(22)16(23)9-13/h2-5,8-10,17H,6-7H2,1H3,(H,24,27)(H,25,26,28). The lowest BCUT2D eigenvalue weighted by molar-refractivity contribution is -0.119. The summed E-state index contributed by atoms with van der Waals surface area (Å²) in [5.41, 5.74) is 2.30. The molecule has 2 heterocycles. The Hall–Kier alpha value is -3.33. The molecular formula is C21H17F2N3O3S. The molecule has 1 aliphatic rings. The Labute approximate surface area is 174 Å². The highest BCUT2D eigenvalue weighted by Gasteiger charge is 2.23. The smallest absolute Gasteiger partial charge is 0.257 e. The summed E-state index contributed by atoms with van der Waals surface area (Å²) in [6.45, 7) is 2.00. The number of carbonyl (C=O) groups is 2. The fourth-order valence-electron chi connectivity index (χ4n) is 3.22. The first kappa shape index (κ1) is 20.0. The van der Waals surface area contributed by atoms with E-state index < -0.39 is 17.5 Å². The van der Waals surface area contributed by atoms with E-state index in [1.807, 2.05) is 18.2 Å². The van der Waals surface area contributed by atoms with Crippen LogP contribution in [0.1, 0.15) is 35.3 Å². The molecule has 6 nitrogen and oxygen atoms in total. The van der Waals surface area contributed by atoms with Gasteiger partial charge in [-0.2, -0.15) is 0 Å². The van der Waals surface area contributed by atoms with E-state index in [2.05, 4.69) is 15.6 Å². The number of hydrogen-bond donors (Lipinski definition) is 2. The minimum absolute atomic E-state index is 0.00488. The summed E-state index contributed by atoms with van der Waals surface area (Å²) in [4.78, 5) is 28.2. The van der Waals surface area contributed by atoms with Crippen LogP contribution in [0.25, 0.3) is 11.3 Å². The van der Waals surface area contributed by atoms with Gasteiger partial charge in [-0.05, 0) is 36.4 Å². The van der Waals surface area contributed by atoms with Crippen molar-refractivity contribution in [3.05, 3.63) is 64.5 Å². The lowest BCUT2D eigenvalue weighted by atomic mass is 9.97. The number of nitrogens with zero attached hydrogens (tertiary/aromatic N) is 1. The van der Waals surface area contributed by atoms with Crippen LogP contribution < -0.4 is 15.4 Å². The highest BCUT2D eigenvalue weighted by Crippen LogP contribution is 2.36. The van der Waals surface area contributed by atoms with E-state index >= 15 is 0 Å². The van der Waals surface area contributed by atoms with Crippen molar-refractivity contribution >= 4 is 28.3 Å². The van der Waals surface area contributed by atoms with Gasteiger partial charge in [0, 0.05) is 35.4 Å². The van der Waals surface area contributed by atoms with Crippen LogP contribution >= 0.6 is 11.3 Å². The van der Waals surface area contributed by atoms with Crippen LogP contribution in [-0.2, 0) is 4.79 Å². The van der Waals surface area contributed by atoms with Crippen LogP contribution in [0.5, 0.6) is 5.75 Å². The molecule has 0 bridgehead atoms. The van der Waals surface area contributed by atoms with Crippen molar-refractivity contribution in [2.24, 2.45) is 0 Å². The topological polar surface area (TPSA) is 80.3 Å². The lowest BCUT2D eigenvalue weighted by Gasteiger charge is -2.26. The Morgan fingerprint density at radius 3 is 2.77 bits per heavy atom. The van der Waals surface area contributed by atoms with Gasteiger partial charge in [-0.1, -0.05) is 0 Å². The largest absolute Gasteiger partial charge is 0.493 e. The summed E-state index contributed by atoms with van der Waals surface area (Å²) in [7, 11) is 0. The minimum Gasteiger partial charge on any atom is -0.493 e. The molecule has 2 N–H and O–H groups in total. The molecule has 0 radical (unpaired) electrons. The summed E-state index contributed by atoms with van der Waals surface area (Å²) in [6, 6.07) is 8.39. The van der Waals surface area contributed by atoms with Gasteiger partial charge in [0.2, 0.25) is 5.91 Å². The Kier molecular flexibility index (Phi) is 5.45. The van der Waals surface area contributed by atoms with Crippen LogP contribution in [-0.4, -0.2) is 23.4 Å². The summed E-state index contributed by atoms with van der Waals surface area (Å²) < 4.78 is 32.1. The Morgan fingerprint density at radius 1 is 1.17 bits per heavy atom. The van der Waals surface area contributed by atoms with E-state index in [-0.39, 0.29) is 17.5 Å². The number of benzene rings is 2. The number of hydrogen-bond acceptors (Lipinski definition) is 5. The molecule has 1 aliphatic heterocycles. The van der Waals surface area contributed by atoms with Gasteiger partial charge < -0.3 is 10.1 Å². The zero-order chi connectivity index (χ0) is 21.3. The Morgan fingerprint density at radius 2 is 2.00 bits per heavy atom. The Bertz CT molecular complexity index is 1130. The van der Waals surface area contributed by atoms with Crippen LogP contribution in [0.4, 0.5) is 13.9 Å². The van der Waals surface area contributed by atoms with Crippen molar-refractivity contribution in [3.8, 4) is 17.0 Å². The summed E-state index contributed by atoms with van der Waals surface area (Å²) >= 11 is 1.21. The van der Waals surface area contributed by atoms with Crippen molar-refractivity contribution in [2.45, 2.75) is 19.4 Å². The van der Waals surface area contributed by atoms with Crippen LogP contribution in [0.2, 0.25) is 0 Å². The zero-order valence-electron chi connectivity index (χ0n) is 15.9. The molecule has 2 amide bonds. The van der Waals surface area contributed by atoms with Crippen molar-refractivity contribution in [1.29, 1.82) is 0 Å². The normalized spacial score (nSPS) is 15.1. The maximum absolute atomic E-state index is 13.3. The van der Waals surface area contributed by atoms with E-state index in [1.165, 1.54) is 24.3 Å². The van der Waals surface area contributed by atoms with Crippen LogP contribution in [0.3, 0.4) is 0 Å². The van der Waals surface area contributed by atoms with Gasteiger partial charge in [0.15, 0.2) is 16.8 Å². The number of carbonyl (C=O) groups excluding carboxylic acids is 2. The number of ether oxygens (including phenoxy) is 1. The molecule has 0 fully saturated rings. The maximum atomic E-state index is 13.3.